The number of alkyl halides is 1. The Morgan fingerprint density at radius 2 is 2.14 bits per heavy atom. The highest BCUT2D eigenvalue weighted by molar-refractivity contribution is 5.99. The number of primary amides is 1. The van der Waals surface area contributed by atoms with Crippen molar-refractivity contribution >= 4 is 23.1 Å². The molecule has 13 nitrogen and oxygen atoms in total. The van der Waals surface area contributed by atoms with Crippen molar-refractivity contribution in [3.8, 4) is 17.5 Å². The van der Waals surface area contributed by atoms with Crippen LogP contribution in [-0.2, 0) is 11.3 Å². The van der Waals surface area contributed by atoms with Gasteiger partial charge in [0.25, 0.3) is 5.91 Å². The Labute approximate surface area is 241 Å². The Kier molecular flexibility index (Phi) is 8.06. The highest BCUT2D eigenvalue weighted by atomic mass is 19.1. The van der Waals surface area contributed by atoms with Gasteiger partial charge in [0.15, 0.2) is 0 Å². The van der Waals surface area contributed by atoms with E-state index in [0.717, 1.165) is 0 Å². The fourth-order valence-corrected chi connectivity index (χ4v) is 4.97. The minimum atomic E-state index is -1.62. The summed E-state index contributed by atoms with van der Waals surface area (Å²) in [5, 5.41) is 35.0. The van der Waals surface area contributed by atoms with Crippen LogP contribution in [0.1, 0.15) is 48.5 Å². The molecule has 1 saturated carbocycles. The van der Waals surface area contributed by atoms with Crippen LogP contribution in [-0.4, -0.2) is 73.8 Å². The number of halogens is 1. The summed E-state index contributed by atoms with van der Waals surface area (Å²) in [4.78, 5) is 18.8. The second-order valence-electron chi connectivity index (χ2n) is 10.9. The standard InChI is InChI=1S/C28H32FN9O4/c1-28(2,40)24(29)14-37(19-6-16(7-19)11-33-27-36-35-25(42-27)15-41-3)23-9-21(32-13-20(23)26(31)39)22-5-4-18-8-17(10-30)12-34-38(18)22/h4-5,8-9,12-13,16,19,24,40H,6-7,11,14-15H2,1-3H3,(H2,31,39)(H,33,36)/t16?,19?,24-/m1/s1. The van der Waals surface area contributed by atoms with Gasteiger partial charge in [0.1, 0.15) is 18.8 Å². The minimum Gasteiger partial charge on any atom is -0.406 e. The highest BCUT2D eigenvalue weighted by Crippen LogP contribution is 2.38. The molecule has 0 aromatic carbocycles. The lowest BCUT2D eigenvalue weighted by Gasteiger charge is -2.46. The number of nitriles is 1. The van der Waals surface area contributed by atoms with Gasteiger partial charge in [0.05, 0.1) is 52.1 Å². The first-order valence-electron chi connectivity index (χ1n) is 13.4. The highest BCUT2D eigenvalue weighted by Gasteiger charge is 2.39. The van der Waals surface area contributed by atoms with E-state index in [2.05, 4.69) is 31.7 Å². The third-order valence-electron chi connectivity index (χ3n) is 7.40. The largest absolute Gasteiger partial charge is 0.406 e. The molecule has 0 saturated heterocycles. The maximum atomic E-state index is 15.4. The molecule has 14 heteroatoms. The van der Waals surface area contributed by atoms with E-state index in [9.17, 15) is 15.2 Å². The number of fused-ring (bicyclic) bond motifs is 1. The fourth-order valence-electron chi connectivity index (χ4n) is 4.97. The monoisotopic (exact) mass is 577 g/mol. The van der Waals surface area contributed by atoms with Crippen molar-refractivity contribution in [3.05, 3.63) is 53.7 Å². The molecule has 0 aliphatic heterocycles. The maximum Gasteiger partial charge on any atom is 0.315 e. The zero-order valence-electron chi connectivity index (χ0n) is 23.5. The molecule has 1 fully saturated rings. The average Bonchev–Trinajstić information content (AvgIpc) is 3.57. The van der Waals surface area contributed by atoms with Crippen LogP contribution in [0.25, 0.3) is 16.9 Å². The number of pyridine rings is 1. The van der Waals surface area contributed by atoms with Crippen LogP contribution >= 0.6 is 0 Å². The topological polar surface area (TPSA) is 181 Å². The van der Waals surface area contributed by atoms with Crippen LogP contribution < -0.4 is 16.0 Å². The van der Waals surface area contributed by atoms with E-state index in [1.54, 1.807) is 33.7 Å². The summed E-state index contributed by atoms with van der Waals surface area (Å²) in [7, 11) is 1.54. The third kappa shape index (κ3) is 6.02. The Bertz CT molecular complexity index is 1620. The Morgan fingerprint density at radius 3 is 2.83 bits per heavy atom. The number of nitrogens with zero attached hydrogens (tertiary/aromatic N) is 7. The first-order chi connectivity index (χ1) is 20.1. The van der Waals surface area contributed by atoms with Crippen molar-refractivity contribution in [1.82, 2.24) is 24.8 Å². The molecule has 0 bridgehead atoms. The van der Waals surface area contributed by atoms with Gasteiger partial charge in [0, 0.05) is 25.9 Å². The Morgan fingerprint density at radius 1 is 1.36 bits per heavy atom. The summed E-state index contributed by atoms with van der Waals surface area (Å²) in [5.74, 6) is -0.130. The average molecular weight is 578 g/mol. The van der Waals surface area contributed by atoms with Crippen LogP contribution in [0.5, 0.6) is 0 Å². The van der Waals surface area contributed by atoms with Gasteiger partial charge in [-0.3, -0.25) is 9.78 Å². The Balaban J connectivity index is 1.42. The fraction of sp³-hybridized carbons (Fsp3) is 0.429. The number of methoxy groups -OCH3 is 1. The number of aliphatic hydroxyl groups is 1. The lowest BCUT2D eigenvalue weighted by atomic mass is 9.78. The number of rotatable bonds is 12. The summed E-state index contributed by atoms with van der Waals surface area (Å²) in [6.45, 7) is 3.42. The molecule has 1 amide bonds. The van der Waals surface area contributed by atoms with Crippen LogP contribution in [0.4, 0.5) is 16.1 Å². The molecule has 5 rings (SSSR count). The van der Waals surface area contributed by atoms with E-state index in [1.807, 2.05) is 0 Å². The first kappa shape index (κ1) is 28.9. The van der Waals surface area contributed by atoms with Gasteiger partial charge < -0.3 is 30.2 Å². The molecule has 4 aromatic rings. The number of carbonyl (C=O) groups excluding carboxylic acids is 1. The number of amides is 1. The van der Waals surface area contributed by atoms with E-state index in [-0.39, 0.29) is 36.7 Å². The van der Waals surface area contributed by atoms with Gasteiger partial charge in [-0.2, -0.15) is 10.4 Å². The molecule has 1 aliphatic carbocycles. The number of nitrogens with one attached hydrogen (secondary N) is 1. The molecule has 0 unspecified atom stereocenters. The summed E-state index contributed by atoms with van der Waals surface area (Å²) < 4.78 is 27.5. The van der Waals surface area contributed by atoms with Crippen molar-refractivity contribution in [2.75, 3.05) is 30.4 Å². The van der Waals surface area contributed by atoms with Gasteiger partial charge in [-0.1, -0.05) is 5.10 Å². The van der Waals surface area contributed by atoms with E-state index in [4.69, 9.17) is 14.9 Å². The molecule has 4 N–H and O–H groups in total. The molecule has 4 heterocycles. The lowest BCUT2D eigenvalue weighted by Crippen LogP contribution is -2.52. The summed E-state index contributed by atoms with van der Waals surface area (Å²) >= 11 is 0. The molecule has 220 valence electrons. The number of carbonyl (C=O) groups is 1. The summed E-state index contributed by atoms with van der Waals surface area (Å²) in [5.41, 5.74) is 6.91. The van der Waals surface area contributed by atoms with E-state index >= 15 is 4.39 Å². The van der Waals surface area contributed by atoms with E-state index in [0.29, 0.717) is 53.4 Å². The number of hydrogen-bond acceptors (Lipinski definition) is 11. The maximum absolute atomic E-state index is 15.4. The third-order valence-corrected chi connectivity index (χ3v) is 7.40. The Hall–Kier alpha value is -4.61. The van der Waals surface area contributed by atoms with Crippen LogP contribution in [0.2, 0.25) is 0 Å². The lowest BCUT2D eigenvalue weighted by molar-refractivity contribution is -0.00127. The van der Waals surface area contributed by atoms with Crippen molar-refractivity contribution in [2.24, 2.45) is 11.7 Å². The van der Waals surface area contributed by atoms with Crippen LogP contribution in [0.3, 0.4) is 0 Å². The van der Waals surface area contributed by atoms with Crippen molar-refractivity contribution in [1.29, 1.82) is 5.26 Å². The van der Waals surface area contributed by atoms with Gasteiger partial charge in [-0.05, 0) is 56.9 Å². The molecule has 0 radical (unpaired) electrons. The van der Waals surface area contributed by atoms with E-state index in [1.165, 1.54) is 33.4 Å². The van der Waals surface area contributed by atoms with Crippen LogP contribution in [0, 0.1) is 17.2 Å². The minimum absolute atomic E-state index is 0.139. The molecule has 4 aromatic heterocycles. The predicted molar refractivity (Wildman–Crippen MR) is 150 cm³/mol. The number of nitrogens with two attached hydrogens (primary N) is 1. The molecule has 42 heavy (non-hydrogen) atoms. The van der Waals surface area contributed by atoms with Gasteiger partial charge in [-0.25, -0.2) is 8.91 Å². The SMILES string of the molecule is COCc1nnc(NCC2CC(N(C[C@@H](F)C(C)(C)O)c3cc(-c4ccc5cc(C#N)cnn45)ncc3C(N)=O)C2)o1. The summed E-state index contributed by atoms with van der Waals surface area (Å²) in [6, 6.07) is 9.23. The second kappa shape index (κ2) is 11.7. The number of aromatic nitrogens is 5. The quantitative estimate of drug-likeness (QED) is 0.225. The normalized spacial score (nSPS) is 17.4. The van der Waals surface area contributed by atoms with E-state index < -0.39 is 17.7 Å². The van der Waals surface area contributed by atoms with Crippen LogP contribution in [0.15, 0.2) is 41.1 Å². The molecule has 0 spiro atoms. The smallest absolute Gasteiger partial charge is 0.315 e. The van der Waals surface area contributed by atoms with Gasteiger partial charge in [0.2, 0.25) is 5.89 Å². The van der Waals surface area contributed by atoms with Crippen molar-refractivity contribution in [2.45, 2.75) is 51.1 Å². The number of ether oxygens (including phenoxy) is 1. The first-order valence-corrected chi connectivity index (χ1v) is 13.4. The summed E-state index contributed by atoms with van der Waals surface area (Å²) in [6.07, 6.45) is 2.56. The van der Waals surface area contributed by atoms with Crippen molar-refractivity contribution < 1.29 is 23.4 Å². The zero-order chi connectivity index (χ0) is 30.0. The zero-order valence-corrected chi connectivity index (χ0v) is 23.5. The second-order valence-corrected chi connectivity index (χ2v) is 10.9. The van der Waals surface area contributed by atoms with Gasteiger partial charge >= 0.3 is 6.01 Å². The van der Waals surface area contributed by atoms with Crippen molar-refractivity contribution in [3.63, 3.8) is 0 Å². The molecular formula is C28H32FN9O4. The molecule has 1 aliphatic rings. The number of hydrogen-bond donors (Lipinski definition) is 3. The molecular weight excluding hydrogens is 545 g/mol. The van der Waals surface area contributed by atoms with Gasteiger partial charge in [-0.15, -0.1) is 5.10 Å². The molecule has 1 atom stereocenters. The number of anilines is 2. The predicted octanol–water partition coefficient (Wildman–Crippen LogP) is 2.70.